The SMILES string of the molecule is Cl.PC(c1ccccc1)c1ccc(Cl)cc1. The normalized spacial score (nSPS) is 11.6. The Balaban J connectivity index is 0.00000128. The quantitative estimate of drug-likeness (QED) is 0.693. The molecular formula is C13H13Cl2P. The molecule has 0 aliphatic carbocycles. The van der Waals surface area contributed by atoms with Crippen molar-refractivity contribution in [2.24, 2.45) is 0 Å². The van der Waals surface area contributed by atoms with Crippen LogP contribution in [-0.2, 0) is 0 Å². The molecule has 16 heavy (non-hydrogen) atoms. The Bertz CT molecular complexity index is 425. The molecule has 2 rings (SSSR count). The van der Waals surface area contributed by atoms with Gasteiger partial charge in [0.15, 0.2) is 0 Å². The molecule has 2 aromatic rings. The Kier molecular flexibility index (Phi) is 5.28. The fraction of sp³-hybridized carbons (Fsp3) is 0.0769. The number of benzene rings is 2. The largest absolute Gasteiger partial charge is 0.147 e. The maximum atomic E-state index is 5.86. The van der Waals surface area contributed by atoms with Crippen LogP contribution in [0.2, 0.25) is 5.02 Å². The van der Waals surface area contributed by atoms with E-state index in [-0.39, 0.29) is 12.4 Å². The van der Waals surface area contributed by atoms with E-state index in [1.54, 1.807) is 0 Å². The molecule has 0 aromatic heterocycles. The van der Waals surface area contributed by atoms with Gasteiger partial charge in [-0.2, -0.15) is 0 Å². The van der Waals surface area contributed by atoms with Crippen LogP contribution in [0, 0.1) is 0 Å². The Morgan fingerprint density at radius 3 is 1.88 bits per heavy atom. The van der Waals surface area contributed by atoms with Crippen LogP contribution in [-0.4, -0.2) is 0 Å². The van der Waals surface area contributed by atoms with Crippen LogP contribution in [0.3, 0.4) is 0 Å². The first-order chi connectivity index (χ1) is 7.27. The van der Waals surface area contributed by atoms with Crippen LogP contribution in [0.4, 0.5) is 0 Å². The van der Waals surface area contributed by atoms with Crippen LogP contribution in [0.25, 0.3) is 0 Å². The van der Waals surface area contributed by atoms with Gasteiger partial charge >= 0.3 is 0 Å². The van der Waals surface area contributed by atoms with Gasteiger partial charge in [0.1, 0.15) is 0 Å². The molecule has 0 fully saturated rings. The third-order valence-electron chi connectivity index (χ3n) is 2.39. The summed E-state index contributed by atoms with van der Waals surface area (Å²) in [6.07, 6.45) is 0. The molecule has 3 heteroatoms. The van der Waals surface area contributed by atoms with Crippen molar-refractivity contribution in [1.29, 1.82) is 0 Å². The molecule has 0 aliphatic rings. The summed E-state index contributed by atoms with van der Waals surface area (Å²) in [4.78, 5) is 0. The predicted molar refractivity (Wildman–Crippen MR) is 76.7 cm³/mol. The predicted octanol–water partition coefficient (Wildman–Crippen LogP) is 4.73. The molecule has 0 bridgehead atoms. The summed E-state index contributed by atoms with van der Waals surface area (Å²) < 4.78 is 0. The number of hydrogen-bond donors (Lipinski definition) is 0. The minimum Gasteiger partial charge on any atom is -0.147 e. The van der Waals surface area contributed by atoms with Crippen LogP contribution in [0.15, 0.2) is 54.6 Å². The smallest absolute Gasteiger partial charge is 0.0406 e. The summed E-state index contributed by atoms with van der Waals surface area (Å²) in [5.41, 5.74) is 2.89. The highest BCUT2D eigenvalue weighted by Crippen LogP contribution is 2.31. The molecule has 0 heterocycles. The van der Waals surface area contributed by atoms with E-state index in [4.69, 9.17) is 11.6 Å². The molecule has 0 radical (unpaired) electrons. The van der Waals surface area contributed by atoms with Gasteiger partial charge in [0, 0.05) is 10.7 Å². The molecule has 2 atom stereocenters. The highest BCUT2D eigenvalue weighted by atomic mass is 35.5. The summed E-state index contributed by atoms with van der Waals surface area (Å²) in [6, 6.07) is 18.4. The molecule has 2 unspecified atom stereocenters. The minimum absolute atomic E-state index is 0. The number of hydrogen-bond acceptors (Lipinski definition) is 0. The first-order valence-corrected chi connectivity index (χ1v) is 5.88. The molecule has 0 aliphatic heterocycles. The topological polar surface area (TPSA) is 0 Å². The van der Waals surface area contributed by atoms with Crippen LogP contribution in [0.1, 0.15) is 16.8 Å². The van der Waals surface area contributed by atoms with Gasteiger partial charge in [0.2, 0.25) is 0 Å². The van der Waals surface area contributed by atoms with E-state index in [2.05, 4.69) is 45.6 Å². The molecular weight excluding hydrogens is 258 g/mol. The fourth-order valence-electron chi connectivity index (χ4n) is 1.52. The Labute approximate surface area is 110 Å². The summed E-state index contributed by atoms with van der Waals surface area (Å²) >= 11 is 5.86. The third-order valence-corrected chi connectivity index (χ3v) is 3.41. The van der Waals surface area contributed by atoms with E-state index in [0.29, 0.717) is 5.66 Å². The Morgan fingerprint density at radius 1 is 0.812 bits per heavy atom. The van der Waals surface area contributed by atoms with Crippen molar-refractivity contribution in [3.63, 3.8) is 0 Å². The van der Waals surface area contributed by atoms with Gasteiger partial charge in [-0.3, -0.25) is 0 Å². The van der Waals surface area contributed by atoms with Gasteiger partial charge in [-0.1, -0.05) is 54.1 Å². The molecule has 0 nitrogen and oxygen atoms in total. The first-order valence-electron chi connectivity index (χ1n) is 4.83. The maximum absolute atomic E-state index is 5.86. The van der Waals surface area contributed by atoms with E-state index in [9.17, 15) is 0 Å². The van der Waals surface area contributed by atoms with E-state index in [0.717, 1.165) is 5.02 Å². The molecule has 0 spiro atoms. The van der Waals surface area contributed by atoms with E-state index < -0.39 is 0 Å². The van der Waals surface area contributed by atoms with Gasteiger partial charge in [0.05, 0.1) is 0 Å². The van der Waals surface area contributed by atoms with Crippen molar-refractivity contribution in [2.45, 2.75) is 5.66 Å². The zero-order valence-electron chi connectivity index (χ0n) is 8.64. The van der Waals surface area contributed by atoms with Crippen LogP contribution < -0.4 is 0 Å². The van der Waals surface area contributed by atoms with E-state index in [1.807, 2.05) is 18.2 Å². The van der Waals surface area contributed by atoms with Gasteiger partial charge in [-0.15, -0.1) is 21.6 Å². The number of rotatable bonds is 2. The summed E-state index contributed by atoms with van der Waals surface area (Å²) in [7, 11) is 2.86. The third kappa shape index (κ3) is 3.22. The lowest BCUT2D eigenvalue weighted by Crippen LogP contribution is -1.91. The van der Waals surface area contributed by atoms with Crippen molar-refractivity contribution in [3.05, 3.63) is 70.7 Å². The van der Waals surface area contributed by atoms with Crippen molar-refractivity contribution in [3.8, 4) is 0 Å². The Hall–Kier alpha value is -0.550. The molecule has 2 aromatic carbocycles. The second-order valence-corrected chi connectivity index (χ2v) is 4.54. The number of halogens is 2. The zero-order chi connectivity index (χ0) is 10.7. The highest BCUT2D eigenvalue weighted by Gasteiger charge is 2.06. The molecule has 0 N–H and O–H groups in total. The van der Waals surface area contributed by atoms with Crippen molar-refractivity contribution in [1.82, 2.24) is 0 Å². The zero-order valence-corrected chi connectivity index (χ0v) is 11.4. The van der Waals surface area contributed by atoms with Crippen molar-refractivity contribution in [2.75, 3.05) is 0 Å². The summed E-state index contributed by atoms with van der Waals surface area (Å²) in [5.74, 6) is 0. The van der Waals surface area contributed by atoms with Crippen LogP contribution in [0.5, 0.6) is 0 Å². The maximum Gasteiger partial charge on any atom is 0.0406 e. The van der Waals surface area contributed by atoms with Crippen molar-refractivity contribution >= 4 is 33.2 Å². The Morgan fingerprint density at radius 2 is 1.31 bits per heavy atom. The summed E-state index contributed by atoms with van der Waals surface area (Å²) in [6.45, 7) is 0. The highest BCUT2D eigenvalue weighted by molar-refractivity contribution is 7.17. The van der Waals surface area contributed by atoms with Gasteiger partial charge in [-0.05, 0) is 23.3 Å². The van der Waals surface area contributed by atoms with E-state index >= 15 is 0 Å². The van der Waals surface area contributed by atoms with Gasteiger partial charge in [-0.25, -0.2) is 0 Å². The second-order valence-electron chi connectivity index (χ2n) is 3.44. The second kappa shape index (κ2) is 6.25. The lowest BCUT2D eigenvalue weighted by atomic mass is 10.0. The summed E-state index contributed by atoms with van der Waals surface area (Å²) in [5, 5.41) is 0.781. The minimum atomic E-state index is 0. The first kappa shape index (κ1) is 13.5. The molecule has 84 valence electrons. The molecule has 0 saturated heterocycles. The van der Waals surface area contributed by atoms with Gasteiger partial charge < -0.3 is 0 Å². The molecule has 0 amide bonds. The average molecular weight is 271 g/mol. The monoisotopic (exact) mass is 270 g/mol. The average Bonchev–Trinajstić information content (AvgIpc) is 2.30. The molecule has 0 saturated carbocycles. The van der Waals surface area contributed by atoms with E-state index in [1.165, 1.54) is 11.1 Å². The van der Waals surface area contributed by atoms with Crippen molar-refractivity contribution < 1.29 is 0 Å². The fourth-order valence-corrected chi connectivity index (χ4v) is 2.09. The lowest BCUT2D eigenvalue weighted by Gasteiger charge is -2.11. The van der Waals surface area contributed by atoms with Crippen LogP contribution >= 0.6 is 33.2 Å². The standard InChI is InChI=1S/C13H12ClP.ClH/c14-12-8-6-11(7-9-12)13(15)10-4-2-1-3-5-10;/h1-9,13H,15H2;1H. The lowest BCUT2D eigenvalue weighted by molar-refractivity contribution is 1.16. The van der Waals surface area contributed by atoms with Gasteiger partial charge in [0.25, 0.3) is 0 Å².